The van der Waals surface area contributed by atoms with Gasteiger partial charge in [0.25, 0.3) is 5.69 Å². The molecule has 0 aliphatic heterocycles. The lowest BCUT2D eigenvalue weighted by Crippen LogP contribution is -1.98. The first-order valence-corrected chi connectivity index (χ1v) is 10.1. The van der Waals surface area contributed by atoms with Crippen LogP contribution in [0.2, 0.25) is 5.02 Å². The Labute approximate surface area is 177 Å². The van der Waals surface area contributed by atoms with Gasteiger partial charge in [-0.3, -0.25) is 14.5 Å². The molecule has 1 atom stereocenters. The number of aryl methyl sites for hydroxylation is 1. The average Bonchev–Trinajstić information content (AvgIpc) is 3.27. The van der Waals surface area contributed by atoms with E-state index in [0.29, 0.717) is 25.5 Å². The molecule has 4 rings (SSSR count). The third-order valence-electron chi connectivity index (χ3n) is 3.96. The van der Waals surface area contributed by atoms with Crippen molar-refractivity contribution < 1.29 is 9.13 Å². The van der Waals surface area contributed by atoms with Crippen LogP contribution in [0, 0.1) is 17.0 Å². The van der Waals surface area contributed by atoms with Crippen molar-refractivity contribution in [2.75, 3.05) is 0 Å². The van der Waals surface area contributed by atoms with E-state index in [1.165, 1.54) is 23.5 Å². The smallest absolute Gasteiger partial charge is 0.270 e. The Kier molecular flexibility index (Phi) is 5.80. The number of aromatic nitrogens is 3. The minimum Gasteiger partial charge on any atom is -0.297 e. The summed E-state index contributed by atoms with van der Waals surface area (Å²) in [5.41, 5.74) is 2.66. The van der Waals surface area contributed by atoms with Crippen molar-refractivity contribution in [3.8, 4) is 11.4 Å². The number of nitrogens with zero attached hydrogens (tertiary/aromatic N) is 4. The molecule has 0 radical (unpaired) electrons. The first-order valence-electron chi connectivity index (χ1n) is 7.69. The predicted octanol–water partition coefficient (Wildman–Crippen LogP) is 4.92. The van der Waals surface area contributed by atoms with Crippen LogP contribution in [0.4, 0.5) is 5.69 Å². The molecule has 0 amide bonds. The van der Waals surface area contributed by atoms with Gasteiger partial charge >= 0.3 is 0 Å². The van der Waals surface area contributed by atoms with E-state index >= 15 is 0 Å². The number of pyridine rings is 1. The maximum atomic E-state index is 12.9. The summed E-state index contributed by atoms with van der Waals surface area (Å²) in [5.74, 6) is 0. The van der Waals surface area contributed by atoms with Gasteiger partial charge in [0, 0.05) is 23.7 Å². The number of rotatable bonds is 4. The molecule has 7 nitrogen and oxygen atoms in total. The third kappa shape index (κ3) is 3.66. The summed E-state index contributed by atoms with van der Waals surface area (Å²) in [4.78, 5) is 19.7. The summed E-state index contributed by atoms with van der Waals surface area (Å²) in [6.07, 6.45) is 3.41. The highest BCUT2D eigenvalue weighted by Gasteiger charge is 2.19. The average molecular weight is 455 g/mol. The lowest BCUT2D eigenvalue weighted by molar-refractivity contribution is -0.385. The summed E-state index contributed by atoms with van der Waals surface area (Å²) in [6.45, 7) is 1.76. The summed E-state index contributed by atoms with van der Waals surface area (Å²) in [5, 5.41) is 13.4. The van der Waals surface area contributed by atoms with Crippen LogP contribution >= 0.6 is 35.3 Å². The van der Waals surface area contributed by atoms with Gasteiger partial charge in [0.2, 0.25) is 0 Å². The highest BCUT2D eigenvalue weighted by atomic mass is 35.5. The Bertz CT molecular complexity index is 1220. The van der Waals surface area contributed by atoms with E-state index in [1.807, 2.05) is 4.40 Å². The molecule has 0 aliphatic carbocycles. The maximum Gasteiger partial charge on any atom is 0.270 e. The van der Waals surface area contributed by atoms with E-state index in [-0.39, 0.29) is 18.1 Å². The second-order valence-corrected chi connectivity index (χ2v) is 8.61. The molecule has 11 heteroatoms. The first-order chi connectivity index (χ1) is 12.9. The van der Waals surface area contributed by atoms with Crippen LogP contribution in [0.5, 0.6) is 0 Å². The minimum absolute atomic E-state index is 0. The fourth-order valence-corrected chi connectivity index (χ4v) is 5.02. The molecule has 0 saturated heterocycles. The molecule has 0 bridgehead atoms. The highest BCUT2D eigenvalue weighted by Crippen LogP contribution is 2.30. The van der Waals surface area contributed by atoms with Crippen molar-refractivity contribution >= 4 is 57.5 Å². The van der Waals surface area contributed by atoms with Gasteiger partial charge in [-0.25, -0.2) is 14.2 Å². The van der Waals surface area contributed by atoms with Crippen molar-refractivity contribution in [1.29, 1.82) is 0 Å². The van der Waals surface area contributed by atoms with E-state index in [4.69, 9.17) is 11.6 Å². The molecule has 1 unspecified atom stereocenters. The molecule has 3 aromatic heterocycles. The number of non-ortho nitro benzene ring substituents is 1. The van der Waals surface area contributed by atoms with Crippen LogP contribution in [-0.2, 0) is 10.8 Å². The van der Waals surface area contributed by atoms with Gasteiger partial charge in [-0.2, -0.15) is 0 Å². The standard InChI is InChI=1S/C17H11ClN4O3S2.ClH/c1-10-2-4-12(22(23)24)6-15(10)27(25)17-20-13(9-26-17)14-7-19-16-5-3-11(18)8-21(14)16;/h2-9H,1H3;1H. The molecule has 28 heavy (non-hydrogen) atoms. The second-order valence-electron chi connectivity index (χ2n) is 5.69. The zero-order chi connectivity index (χ0) is 19.1. The predicted molar refractivity (Wildman–Crippen MR) is 111 cm³/mol. The monoisotopic (exact) mass is 454 g/mol. The van der Waals surface area contributed by atoms with Crippen LogP contribution in [0.1, 0.15) is 5.56 Å². The molecule has 144 valence electrons. The Morgan fingerprint density at radius 1 is 1.29 bits per heavy atom. The molecule has 0 fully saturated rings. The number of thiazole rings is 1. The Hall–Kier alpha value is -2.33. The van der Waals surface area contributed by atoms with E-state index < -0.39 is 15.7 Å². The normalized spacial score (nSPS) is 11.9. The van der Waals surface area contributed by atoms with Gasteiger partial charge in [-0.15, -0.1) is 23.7 Å². The fraction of sp³-hybridized carbons (Fsp3) is 0.0588. The molecule has 3 heterocycles. The van der Waals surface area contributed by atoms with Gasteiger partial charge < -0.3 is 0 Å². The van der Waals surface area contributed by atoms with Crippen molar-refractivity contribution in [3.05, 3.63) is 68.8 Å². The Morgan fingerprint density at radius 3 is 2.82 bits per heavy atom. The number of nitro benzene ring substituents is 1. The topological polar surface area (TPSA) is 90.4 Å². The Balaban J connectivity index is 0.00000225. The lowest BCUT2D eigenvalue weighted by atomic mass is 10.2. The largest absolute Gasteiger partial charge is 0.297 e. The summed E-state index contributed by atoms with van der Waals surface area (Å²) in [6, 6.07) is 7.86. The molecular formula is C17H12Cl2N4O3S2. The van der Waals surface area contributed by atoms with Crippen LogP contribution in [-0.4, -0.2) is 23.5 Å². The summed E-state index contributed by atoms with van der Waals surface area (Å²) < 4.78 is 15.1. The number of nitro groups is 1. The van der Waals surface area contributed by atoms with Gasteiger partial charge in [0.05, 0.1) is 26.7 Å². The van der Waals surface area contributed by atoms with Gasteiger partial charge in [0.15, 0.2) is 4.34 Å². The fourth-order valence-electron chi connectivity index (χ4n) is 2.60. The van der Waals surface area contributed by atoms with Crippen LogP contribution in [0.25, 0.3) is 17.0 Å². The number of hydrogen-bond acceptors (Lipinski definition) is 6. The maximum absolute atomic E-state index is 12.9. The van der Waals surface area contributed by atoms with E-state index in [2.05, 4.69) is 9.97 Å². The summed E-state index contributed by atoms with van der Waals surface area (Å²) >= 11 is 7.29. The van der Waals surface area contributed by atoms with E-state index in [1.54, 1.807) is 42.9 Å². The zero-order valence-corrected chi connectivity index (χ0v) is 17.4. The molecule has 0 aliphatic rings. The molecule has 1 aromatic carbocycles. The second kappa shape index (κ2) is 7.96. The number of hydrogen-bond donors (Lipinski definition) is 0. The zero-order valence-electron chi connectivity index (χ0n) is 14.2. The number of fused-ring (bicyclic) bond motifs is 1. The SMILES string of the molecule is Cc1ccc([N+](=O)[O-])cc1S(=O)c1nc(-c2cnc3ccc(Cl)cn23)cs1.Cl. The van der Waals surface area contributed by atoms with Crippen molar-refractivity contribution in [2.24, 2.45) is 0 Å². The van der Waals surface area contributed by atoms with Crippen molar-refractivity contribution in [2.45, 2.75) is 16.2 Å². The van der Waals surface area contributed by atoms with Crippen molar-refractivity contribution in [3.63, 3.8) is 0 Å². The molecule has 4 aromatic rings. The van der Waals surface area contributed by atoms with E-state index in [0.717, 1.165) is 11.3 Å². The molecule has 0 N–H and O–H groups in total. The minimum atomic E-state index is -1.62. The van der Waals surface area contributed by atoms with Crippen LogP contribution in [0.3, 0.4) is 0 Å². The Morgan fingerprint density at radius 2 is 2.07 bits per heavy atom. The lowest BCUT2D eigenvalue weighted by Gasteiger charge is -2.03. The molecule has 0 saturated carbocycles. The first kappa shape index (κ1) is 20.4. The third-order valence-corrected chi connectivity index (χ3v) is 6.80. The number of benzene rings is 1. The van der Waals surface area contributed by atoms with Gasteiger partial charge in [-0.05, 0) is 24.6 Å². The highest BCUT2D eigenvalue weighted by molar-refractivity contribution is 7.87. The molecular weight excluding hydrogens is 443 g/mol. The van der Waals surface area contributed by atoms with Crippen LogP contribution < -0.4 is 0 Å². The van der Waals surface area contributed by atoms with Gasteiger partial charge in [0.1, 0.15) is 22.1 Å². The van der Waals surface area contributed by atoms with Gasteiger partial charge in [-0.1, -0.05) is 17.7 Å². The molecule has 0 spiro atoms. The van der Waals surface area contributed by atoms with Crippen molar-refractivity contribution in [1.82, 2.24) is 14.4 Å². The van der Waals surface area contributed by atoms with E-state index in [9.17, 15) is 14.3 Å². The summed E-state index contributed by atoms with van der Waals surface area (Å²) in [7, 11) is -1.62. The number of halogens is 2. The number of imidazole rings is 1. The van der Waals surface area contributed by atoms with Crippen LogP contribution in [0.15, 0.2) is 57.3 Å². The quantitative estimate of drug-likeness (QED) is 0.322.